The Hall–Kier alpha value is -1.10. The number of aliphatic hydroxyl groups is 1. The minimum atomic E-state index is -0.452. The van der Waals surface area contributed by atoms with Crippen LogP contribution < -0.4 is 10.1 Å². The van der Waals surface area contributed by atoms with Crippen LogP contribution >= 0.6 is 0 Å². The Bertz CT molecular complexity index is 426. The molecule has 0 bridgehead atoms. The molecule has 2 saturated heterocycles. The van der Waals surface area contributed by atoms with Crippen molar-refractivity contribution in [1.82, 2.24) is 10.2 Å². The molecule has 1 aromatic carbocycles. The summed E-state index contributed by atoms with van der Waals surface area (Å²) < 4.78 is 5.58. The second-order valence-electron chi connectivity index (χ2n) is 6.24. The fourth-order valence-corrected chi connectivity index (χ4v) is 3.48. The summed E-state index contributed by atoms with van der Waals surface area (Å²) in [6.45, 7) is 3.45. The smallest absolute Gasteiger partial charge is 0.119 e. The second kappa shape index (κ2) is 7.25. The number of nitrogens with one attached hydrogen (secondary N) is 1. The van der Waals surface area contributed by atoms with Crippen LogP contribution in [0.4, 0.5) is 0 Å². The summed E-state index contributed by atoms with van der Waals surface area (Å²) in [7, 11) is 0. The Morgan fingerprint density at radius 1 is 1.24 bits per heavy atom. The van der Waals surface area contributed by atoms with Crippen molar-refractivity contribution in [3.63, 3.8) is 0 Å². The van der Waals surface area contributed by atoms with Gasteiger partial charge in [-0.2, -0.15) is 0 Å². The lowest BCUT2D eigenvalue weighted by molar-refractivity contribution is 0.0953. The quantitative estimate of drug-likeness (QED) is 0.836. The zero-order valence-electron chi connectivity index (χ0n) is 12.6. The van der Waals surface area contributed by atoms with Crippen molar-refractivity contribution in [3.8, 4) is 5.75 Å². The van der Waals surface area contributed by atoms with Crippen LogP contribution in [0.15, 0.2) is 30.3 Å². The van der Waals surface area contributed by atoms with E-state index < -0.39 is 6.10 Å². The van der Waals surface area contributed by atoms with Crippen LogP contribution in [0.5, 0.6) is 5.75 Å². The first-order valence-corrected chi connectivity index (χ1v) is 8.14. The van der Waals surface area contributed by atoms with E-state index in [0.29, 0.717) is 19.2 Å². The first-order chi connectivity index (χ1) is 10.3. The molecule has 2 aliphatic heterocycles. The van der Waals surface area contributed by atoms with Gasteiger partial charge in [-0.05, 0) is 50.9 Å². The molecule has 3 rings (SSSR count). The third-order valence-electron chi connectivity index (χ3n) is 4.65. The fourth-order valence-electron chi connectivity index (χ4n) is 3.48. The summed E-state index contributed by atoms with van der Waals surface area (Å²) in [5.74, 6) is 0.816. The molecule has 0 aliphatic carbocycles. The van der Waals surface area contributed by atoms with Crippen molar-refractivity contribution in [1.29, 1.82) is 0 Å². The highest BCUT2D eigenvalue weighted by Gasteiger charge is 2.31. The van der Waals surface area contributed by atoms with Gasteiger partial charge in [-0.15, -0.1) is 0 Å². The summed E-state index contributed by atoms with van der Waals surface area (Å²) in [5.41, 5.74) is 0. The number of para-hydroxylation sites is 1. The summed E-state index contributed by atoms with van der Waals surface area (Å²) in [5, 5.41) is 13.5. The molecule has 21 heavy (non-hydrogen) atoms. The Labute approximate surface area is 127 Å². The van der Waals surface area contributed by atoms with Gasteiger partial charge < -0.3 is 20.1 Å². The molecule has 0 aromatic heterocycles. The van der Waals surface area contributed by atoms with Gasteiger partial charge in [-0.25, -0.2) is 0 Å². The first-order valence-electron chi connectivity index (χ1n) is 8.14. The van der Waals surface area contributed by atoms with E-state index in [1.54, 1.807) is 0 Å². The van der Waals surface area contributed by atoms with Crippen molar-refractivity contribution in [2.24, 2.45) is 0 Å². The lowest BCUT2D eigenvalue weighted by Crippen LogP contribution is -2.47. The van der Waals surface area contributed by atoms with Gasteiger partial charge in [0.2, 0.25) is 0 Å². The Morgan fingerprint density at radius 2 is 2.10 bits per heavy atom. The monoisotopic (exact) mass is 290 g/mol. The molecule has 2 aliphatic rings. The minimum Gasteiger partial charge on any atom is -0.491 e. The van der Waals surface area contributed by atoms with E-state index >= 15 is 0 Å². The number of ether oxygens (including phenoxy) is 1. The molecule has 3 unspecified atom stereocenters. The van der Waals surface area contributed by atoms with E-state index in [4.69, 9.17) is 4.74 Å². The van der Waals surface area contributed by atoms with Crippen LogP contribution in [0.2, 0.25) is 0 Å². The maximum atomic E-state index is 10.0. The molecule has 4 nitrogen and oxygen atoms in total. The predicted molar refractivity (Wildman–Crippen MR) is 83.6 cm³/mol. The summed E-state index contributed by atoms with van der Waals surface area (Å²) >= 11 is 0. The topological polar surface area (TPSA) is 44.7 Å². The average molecular weight is 290 g/mol. The number of aliphatic hydroxyl groups excluding tert-OH is 1. The normalized spacial score (nSPS) is 27.3. The summed E-state index contributed by atoms with van der Waals surface area (Å²) in [4.78, 5) is 2.62. The summed E-state index contributed by atoms with van der Waals surface area (Å²) in [6, 6.07) is 11.0. The van der Waals surface area contributed by atoms with E-state index in [9.17, 15) is 5.11 Å². The van der Waals surface area contributed by atoms with Gasteiger partial charge in [0.25, 0.3) is 0 Å². The fraction of sp³-hybridized carbons (Fsp3) is 0.647. The van der Waals surface area contributed by atoms with Crippen LogP contribution in [0.1, 0.15) is 25.7 Å². The number of benzene rings is 1. The van der Waals surface area contributed by atoms with Gasteiger partial charge in [-0.3, -0.25) is 0 Å². The third kappa shape index (κ3) is 4.19. The van der Waals surface area contributed by atoms with Crippen LogP contribution in [0.25, 0.3) is 0 Å². The van der Waals surface area contributed by atoms with Crippen LogP contribution in [-0.4, -0.2) is 54.4 Å². The van der Waals surface area contributed by atoms with E-state index in [-0.39, 0.29) is 0 Å². The number of rotatable bonds is 6. The lowest BCUT2D eigenvalue weighted by atomic mass is 9.97. The zero-order chi connectivity index (χ0) is 14.5. The molecular formula is C17H26N2O2. The number of fused-ring (bicyclic) bond motifs is 1. The number of hydrogen-bond acceptors (Lipinski definition) is 4. The number of piperidine rings is 1. The van der Waals surface area contributed by atoms with Gasteiger partial charge in [0.15, 0.2) is 0 Å². The van der Waals surface area contributed by atoms with E-state index in [1.807, 2.05) is 30.3 Å². The maximum absolute atomic E-state index is 10.0. The molecule has 0 saturated carbocycles. The average Bonchev–Trinajstić information content (AvgIpc) is 2.99. The van der Waals surface area contributed by atoms with Crippen LogP contribution in [0.3, 0.4) is 0 Å². The second-order valence-corrected chi connectivity index (χ2v) is 6.24. The van der Waals surface area contributed by atoms with Crippen LogP contribution in [-0.2, 0) is 0 Å². The maximum Gasteiger partial charge on any atom is 0.119 e. The predicted octanol–water partition coefficient (Wildman–Crippen LogP) is 1.64. The van der Waals surface area contributed by atoms with Gasteiger partial charge in [0, 0.05) is 18.6 Å². The highest BCUT2D eigenvalue weighted by molar-refractivity contribution is 5.20. The highest BCUT2D eigenvalue weighted by Crippen LogP contribution is 2.26. The molecule has 116 valence electrons. The largest absolute Gasteiger partial charge is 0.491 e. The van der Waals surface area contributed by atoms with Crippen LogP contribution in [0, 0.1) is 0 Å². The third-order valence-corrected chi connectivity index (χ3v) is 4.65. The first kappa shape index (κ1) is 14.8. The molecule has 0 radical (unpaired) electrons. The molecular weight excluding hydrogens is 264 g/mol. The Morgan fingerprint density at radius 3 is 2.95 bits per heavy atom. The van der Waals surface area contributed by atoms with E-state index in [1.165, 1.54) is 38.8 Å². The molecule has 0 spiro atoms. The van der Waals surface area contributed by atoms with E-state index in [2.05, 4.69) is 10.2 Å². The lowest BCUT2D eigenvalue weighted by Gasteiger charge is -2.35. The standard InChI is InChI=1S/C17H26N2O2/c20-16(13-21-17-6-2-1-3-7-17)12-18-14-8-10-19-9-4-5-15(19)11-14/h1-3,6-7,14-16,18,20H,4-5,8-13H2. The SMILES string of the molecule is OC(CNC1CCN2CCCC2C1)COc1ccccc1. The minimum absolute atomic E-state index is 0.347. The van der Waals surface area contributed by atoms with Crippen molar-refractivity contribution in [2.75, 3.05) is 26.2 Å². The highest BCUT2D eigenvalue weighted by atomic mass is 16.5. The van der Waals surface area contributed by atoms with Crippen molar-refractivity contribution in [3.05, 3.63) is 30.3 Å². The molecule has 3 atom stereocenters. The molecule has 2 N–H and O–H groups in total. The summed E-state index contributed by atoms with van der Waals surface area (Å²) in [6.07, 6.45) is 4.67. The van der Waals surface area contributed by atoms with E-state index in [0.717, 1.165) is 11.8 Å². The molecule has 2 heterocycles. The molecule has 4 heteroatoms. The van der Waals surface area contributed by atoms with Gasteiger partial charge in [0.1, 0.15) is 18.5 Å². The van der Waals surface area contributed by atoms with Gasteiger partial charge in [0.05, 0.1) is 0 Å². The van der Waals surface area contributed by atoms with Crippen molar-refractivity contribution >= 4 is 0 Å². The Balaban J connectivity index is 1.35. The molecule has 0 amide bonds. The molecule has 2 fully saturated rings. The van der Waals surface area contributed by atoms with Crippen molar-refractivity contribution in [2.45, 2.75) is 43.9 Å². The Kier molecular flexibility index (Phi) is 5.12. The molecule has 1 aromatic rings. The zero-order valence-corrected chi connectivity index (χ0v) is 12.6. The van der Waals surface area contributed by atoms with Crippen molar-refractivity contribution < 1.29 is 9.84 Å². The number of nitrogens with zero attached hydrogens (tertiary/aromatic N) is 1. The van der Waals surface area contributed by atoms with Gasteiger partial charge >= 0.3 is 0 Å². The number of hydrogen-bond donors (Lipinski definition) is 2. The van der Waals surface area contributed by atoms with Gasteiger partial charge in [-0.1, -0.05) is 18.2 Å².